The van der Waals surface area contributed by atoms with Gasteiger partial charge in [-0.25, -0.2) is 9.18 Å². The average Bonchev–Trinajstić information content (AvgIpc) is 4.05. The van der Waals surface area contributed by atoms with Crippen LogP contribution in [0.2, 0.25) is 0 Å². The van der Waals surface area contributed by atoms with Gasteiger partial charge in [-0.3, -0.25) is 14.5 Å². The molecule has 1 saturated heterocycles. The van der Waals surface area contributed by atoms with Gasteiger partial charge in [-0.15, -0.1) is 0 Å². The Morgan fingerprint density at radius 2 is 1.64 bits per heavy atom. The monoisotopic (exact) mass is 821 g/mol. The number of hydrogen-bond donors (Lipinski definition) is 1. The van der Waals surface area contributed by atoms with Gasteiger partial charge >= 0.3 is 5.97 Å². The summed E-state index contributed by atoms with van der Waals surface area (Å²) in [6.45, 7) is 13.6. The number of hydrogen-bond acceptors (Lipinski definition) is 11. The maximum atomic E-state index is 15.9. The highest BCUT2D eigenvalue weighted by Crippen LogP contribution is 2.61. The Kier molecular flexibility index (Phi) is 17.9. The van der Waals surface area contributed by atoms with Gasteiger partial charge in [0.25, 0.3) is 0 Å². The lowest BCUT2D eigenvalue weighted by Gasteiger charge is -2.41. The van der Waals surface area contributed by atoms with Crippen molar-refractivity contribution in [2.75, 3.05) is 72.2 Å². The molecule has 5 rings (SSSR count). The first-order chi connectivity index (χ1) is 27.1. The summed E-state index contributed by atoms with van der Waals surface area (Å²) >= 11 is 0. The van der Waals surface area contributed by atoms with Gasteiger partial charge in [0.05, 0.1) is 43.2 Å². The van der Waals surface area contributed by atoms with E-state index in [-0.39, 0.29) is 45.7 Å². The standard InChI is InChI=1S/C38H52FN3O10P2.C2H6/c1-7-51-53(48-5)33(54(49-6)52-8-2)10-9-21-50-28-15-11-26(12-16-28)32(43)17-18-40-19-20-41(23-25(40)3)35-31(39)22-29-34(37(35)47-4)42(27-13-14-27)24-30(36(29)44)38(45)46;1-2/h11-12,15-16,22,24-25,27,33H,7-10,13-14,17-21,23H2,1-6H3,(H,45,46);1-2H3. The van der Waals surface area contributed by atoms with Crippen LogP contribution < -0.4 is 19.8 Å². The molecule has 0 radical (unpaired) electrons. The van der Waals surface area contributed by atoms with Crippen molar-refractivity contribution < 1.29 is 46.7 Å². The predicted molar refractivity (Wildman–Crippen MR) is 220 cm³/mol. The van der Waals surface area contributed by atoms with Crippen LogP contribution in [0.25, 0.3) is 10.9 Å². The summed E-state index contributed by atoms with van der Waals surface area (Å²) in [5, 5.41) is 9.62. The molecule has 1 N–H and O–H groups in total. The van der Waals surface area contributed by atoms with E-state index >= 15 is 4.39 Å². The summed E-state index contributed by atoms with van der Waals surface area (Å²) < 4.78 is 52.4. The Balaban J connectivity index is 0.00000342. The number of piperazine rings is 1. The lowest BCUT2D eigenvalue weighted by molar-refractivity contribution is 0.0694. The molecule has 0 amide bonds. The molecule has 16 heteroatoms. The average molecular weight is 822 g/mol. The van der Waals surface area contributed by atoms with E-state index in [1.165, 1.54) is 13.3 Å². The molecule has 0 spiro atoms. The first kappa shape index (κ1) is 45.5. The second-order valence-corrected chi connectivity index (χ2v) is 17.3. The molecule has 1 aliphatic carbocycles. The van der Waals surface area contributed by atoms with Crippen molar-refractivity contribution in [1.82, 2.24) is 9.47 Å². The van der Waals surface area contributed by atoms with E-state index in [1.807, 2.05) is 51.7 Å². The van der Waals surface area contributed by atoms with Crippen LogP contribution in [-0.4, -0.2) is 105 Å². The molecule has 310 valence electrons. The minimum Gasteiger partial charge on any atom is -0.494 e. The molecule has 1 aromatic heterocycles. The third-order valence-electron chi connectivity index (χ3n) is 9.69. The van der Waals surface area contributed by atoms with Crippen LogP contribution in [0.1, 0.15) is 93.5 Å². The first-order valence-corrected chi connectivity index (χ1v) is 21.9. The normalized spacial score (nSPS) is 17.5. The van der Waals surface area contributed by atoms with Crippen LogP contribution in [0.3, 0.4) is 0 Å². The Labute approximate surface area is 332 Å². The number of methoxy groups -OCH3 is 1. The third-order valence-corrected chi connectivity index (χ3v) is 14.1. The van der Waals surface area contributed by atoms with Gasteiger partial charge < -0.3 is 42.1 Å². The van der Waals surface area contributed by atoms with E-state index in [9.17, 15) is 19.5 Å². The molecule has 13 nitrogen and oxygen atoms in total. The summed E-state index contributed by atoms with van der Waals surface area (Å²) in [5.41, 5.74) is 0.147. The van der Waals surface area contributed by atoms with Crippen molar-refractivity contribution in [3.8, 4) is 11.5 Å². The van der Waals surface area contributed by atoms with Crippen LogP contribution in [0.4, 0.5) is 10.1 Å². The van der Waals surface area contributed by atoms with Crippen LogP contribution >= 0.6 is 16.8 Å². The van der Waals surface area contributed by atoms with Gasteiger partial charge in [-0.05, 0) is 76.8 Å². The minimum absolute atomic E-state index is 0.00735. The van der Waals surface area contributed by atoms with E-state index in [4.69, 9.17) is 27.6 Å². The van der Waals surface area contributed by atoms with Gasteiger partial charge in [0.15, 0.2) is 34.1 Å². The van der Waals surface area contributed by atoms with Crippen molar-refractivity contribution in [2.24, 2.45) is 0 Å². The van der Waals surface area contributed by atoms with Gasteiger partial charge in [0.2, 0.25) is 5.43 Å². The molecule has 3 aromatic rings. The fourth-order valence-corrected chi connectivity index (χ4v) is 10.8. The number of pyridine rings is 1. The lowest BCUT2D eigenvalue weighted by atomic mass is 10.1. The Morgan fingerprint density at radius 1 is 1.00 bits per heavy atom. The number of nitrogens with zero attached hydrogens (tertiary/aromatic N) is 3. The Morgan fingerprint density at radius 3 is 2.18 bits per heavy atom. The van der Waals surface area contributed by atoms with E-state index in [0.29, 0.717) is 69.3 Å². The van der Waals surface area contributed by atoms with Gasteiger partial charge in [-0.2, -0.15) is 0 Å². The van der Waals surface area contributed by atoms with Gasteiger partial charge in [-0.1, -0.05) is 13.8 Å². The quantitative estimate of drug-likeness (QED) is 0.0627. The minimum atomic E-state index is -1.35. The van der Waals surface area contributed by atoms with Gasteiger partial charge in [0.1, 0.15) is 17.0 Å². The highest BCUT2D eigenvalue weighted by Gasteiger charge is 2.35. The van der Waals surface area contributed by atoms with Crippen molar-refractivity contribution in [2.45, 2.75) is 84.2 Å². The topological polar surface area (TPSA) is 138 Å². The molecule has 1 aliphatic heterocycles. The molecule has 2 aliphatic rings. The lowest BCUT2D eigenvalue weighted by Crippen LogP contribution is -2.52. The number of ketones is 1. The number of rotatable bonds is 21. The number of aromatic carboxylic acids is 1. The van der Waals surface area contributed by atoms with Crippen LogP contribution in [0.5, 0.6) is 11.5 Å². The largest absolute Gasteiger partial charge is 0.494 e. The number of halogens is 1. The van der Waals surface area contributed by atoms with E-state index < -0.39 is 34.0 Å². The van der Waals surface area contributed by atoms with Crippen molar-refractivity contribution in [3.05, 3.63) is 63.7 Å². The highest BCUT2D eigenvalue weighted by atomic mass is 31.2. The predicted octanol–water partition coefficient (Wildman–Crippen LogP) is 8.47. The maximum absolute atomic E-state index is 15.9. The zero-order valence-electron chi connectivity index (χ0n) is 33.9. The molecular weight excluding hydrogens is 763 g/mol. The summed E-state index contributed by atoms with van der Waals surface area (Å²) in [4.78, 5) is 42.2. The molecule has 2 aromatic carbocycles. The van der Waals surface area contributed by atoms with E-state index in [1.54, 1.807) is 30.9 Å². The molecule has 3 atom stereocenters. The number of ether oxygens (including phenoxy) is 2. The van der Waals surface area contributed by atoms with E-state index in [2.05, 4.69) is 4.90 Å². The SMILES string of the molecule is CC.CCOP(OC)C(CCCOc1ccc(C(=O)CCN2CCN(c3c(F)cc4c(=O)c(C(=O)O)cn(C5CC5)c4c3OC)CC2C)cc1)P(OC)OCC. The van der Waals surface area contributed by atoms with Crippen LogP contribution in [0, 0.1) is 5.82 Å². The number of carbonyl (C=O) groups is 2. The number of carbonyl (C=O) groups excluding carboxylic acids is 1. The van der Waals surface area contributed by atoms with Crippen molar-refractivity contribution in [1.29, 1.82) is 0 Å². The summed E-state index contributed by atoms with van der Waals surface area (Å²) in [6, 6.07) is 8.35. The molecule has 56 heavy (non-hydrogen) atoms. The number of aromatic nitrogens is 1. The number of benzene rings is 2. The van der Waals surface area contributed by atoms with Crippen molar-refractivity contribution >= 4 is 45.1 Å². The maximum Gasteiger partial charge on any atom is 0.341 e. The number of fused-ring (bicyclic) bond motifs is 1. The zero-order valence-corrected chi connectivity index (χ0v) is 35.7. The molecule has 1 saturated carbocycles. The molecular formula is C40H58FN3O10P2. The van der Waals surface area contributed by atoms with Crippen LogP contribution in [-0.2, 0) is 18.1 Å². The van der Waals surface area contributed by atoms with E-state index in [0.717, 1.165) is 31.7 Å². The van der Waals surface area contributed by atoms with Crippen molar-refractivity contribution in [3.63, 3.8) is 0 Å². The second-order valence-electron chi connectivity index (χ2n) is 13.2. The number of Topliss-reactive ketones (excluding diaryl/α,β-unsaturated/α-hetero) is 1. The fourth-order valence-electron chi connectivity index (χ4n) is 6.90. The number of anilines is 1. The summed E-state index contributed by atoms with van der Waals surface area (Å²) in [6.07, 6.45) is 4.84. The molecule has 2 heterocycles. The molecule has 3 unspecified atom stereocenters. The Hall–Kier alpha value is -3.22. The summed E-state index contributed by atoms with van der Waals surface area (Å²) in [5.74, 6) is -1.06. The third kappa shape index (κ3) is 11.0. The molecule has 2 fully saturated rings. The highest BCUT2D eigenvalue weighted by molar-refractivity contribution is 7.66. The second kappa shape index (κ2) is 22.1. The molecule has 0 bridgehead atoms. The zero-order chi connectivity index (χ0) is 40.9. The Bertz CT molecular complexity index is 1800. The van der Waals surface area contributed by atoms with Crippen LogP contribution in [0.15, 0.2) is 41.3 Å². The fraction of sp³-hybridized carbons (Fsp3) is 0.575. The summed E-state index contributed by atoms with van der Waals surface area (Å²) in [7, 11) is 2.40. The van der Waals surface area contributed by atoms with Gasteiger partial charge in [0, 0.05) is 70.7 Å². The number of carboxylic acid groups (broad SMARTS) is 1. The first-order valence-electron chi connectivity index (χ1n) is 19.4. The smallest absolute Gasteiger partial charge is 0.341 e. The number of carboxylic acids is 1.